The summed E-state index contributed by atoms with van der Waals surface area (Å²) >= 11 is 0. The van der Waals surface area contributed by atoms with Gasteiger partial charge in [-0.05, 0) is 55.8 Å². The number of amides is 3. The number of rotatable bonds is 11. The minimum Gasteiger partial charge on any atom is -0.394 e. The predicted molar refractivity (Wildman–Crippen MR) is 153 cm³/mol. The van der Waals surface area contributed by atoms with Gasteiger partial charge in [-0.2, -0.15) is 0 Å². The summed E-state index contributed by atoms with van der Waals surface area (Å²) < 4.78 is 0. The number of carbonyl (C=O) groups is 3. The van der Waals surface area contributed by atoms with Crippen molar-refractivity contribution in [3.05, 3.63) is 71.9 Å². The van der Waals surface area contributed by atoms with E-state index in [0.29, 0.717) is 19.4 Å². The Kier molecular flexibility index (Phi) is 9.13. The van der Waals surface area contributed by atoms with Crippen molar-refractivity contribution in [3.8, 4) is 0 Å². The number of aromatic nitrogens is 1. The quantitative estimate of drug-likeness (QED) is 0.252. The molecule has 5 N–H and O–H groups in total. The lowest BCUT2D eigenvalue weighted by Gasteiger charge is -2.29. The second kappa shape index (κ2) is 13.1. The largest absolute Gasteiger partial charge is 0.394 e. The smallest absolute Gasteiger partial charge is 0.245 e. The maximum Gasteiger partial charge on any atom is 0.245 e. The molecule has 2 aliphatic heterocycles. The molecule has 0 bridgehead atoms. The van der Waals surface area contributed by atoms with Crippen LogP contribution in [0.2, 0.25) is 0 Å². The topological polar surface area (TPSA) is 127 Å². The molecule has 3 amide bonds. The minimum absolute atomic E-state index is 0.0500. The fourth-order valence-corrected chi connectivity index (χ4v) is 6.00. The standard InChI is InChI=1S/C31H39N5O4/c37-20-24-10-7-15-36(24)31(40)28(17-22-19-33-26-12-5-4-11-25(22)26)35-29(38)18-23(16-21-8-2-1-3-9-21)34-30(39)27-13-6-14-32-27/h1-5,8-9,11-12,19,23-24,27-28,32-33,37H,6-7,10,13-18,20H2,(H,34,39)(H,35,38). The molecular formula is C31H39N5O4. The van der Waals surface area contributed by atoms with Crippen LogP contribution in [0.5, 0.6) is 0 Å². The molecule has 0 spiro atoms. The van der Waals surface area contributed by atoms with E-state index in [0.717, 1.165) is 54.3 Å². The summed E-state index contributed by atoms with van der Waals surface area (Å²) in [7, 11) is 0. The normalized spacial score (nSPS) is 20.4. The van der Waals surface area contributed by atoms with Crippen LogP contribution in [0.25, 0.3) is 10.9 Å². The number of carbonyl (C=O) groups excluding carboxylic acids is 3. The average molecular weight is 546 g/mol. The number of nitrogens with one attached hydrogen (secondary N) is 4. The summed E-state index contributed by atoms with van der Waals surface area (Å²) in [6.45, 7) is 1.27. The zero-order valence-corrected chi connectivity index (χ0v) is 22.8. The van der Waals surface area contributed by atoms with Crippen molar-refractivity contribution in [2.75, 3.05) is 19.7 Å². The van der Waals surface area contributed by atoms with Crippen LogP contribution in [-0.2, 0) is 27.2 Å². The molecule has 0 radical (unpaired) electrons. The van der Waals surface area contributed by atoms with Gasteiger partial charge in [0.25, 0.3) is 0 Å². The van der Waals surface area contributed by atoms with Gasteiger partial charge in [0.15, 0.2) is 0 Å². The Morgan fingerprint density at radius 1 is 0.975 bits per heavy atom. The monoisotopic (exact) mass is 545 g/mol. The van der Waals surface area contributed by atoms with Crippen LogP contribution < -0.4 is 16.0 Å². The van der Waals surface area contributed by atoms with Gasteiger partial charge >= 0.3 is 0 Å². The van der Waals surface area contributed by atoms with Crippen molar-refractivity contribution >= 4 is 28.6 Å². The first-order valence-electron chi connectivity index (χ1n) is 14.3. The van der Waals surface area contributed by atoms with Crippen LogP contribution in [-0.4, -0.2) is 76.6 Å². The molecule has 2 aliphatic rings. The van der Waals surface area contributed by atoms with Gasteiger partial charge in [0.1, 0.15) is 6.04 Å². The van der Waals surface area contributed by atoms with Crippen LogP contribution in [0.4, 0.5) is 0 Å². The number of fused-ring (bicyclic) bond motifs is 1. The van der Waals surface area contributed by atoms with Crippen molar-refractivity contribution < 1.29 is 19.5 Å². The molecule has 2 aromatic carbocycles. The van der Waals surface area contributed by atoms with E-state index in [1.54, 1.807) is 4.90 Å². The van der Waals surface area contributed by atoms with Gasteiger partial charge in [-0.1, -0.05) is 48.5 Å². The first-order valence-corrected chi connectivity index (χ1v) is 14.3. The number of aromatic amines is 1. The van der Waals surface area contributed by atoms with Crippen LogP contribution in [0.3, 0.4) is 0 Å². The summed E-state index contributed by atoms with van der Waals surface area (Å²) in [5, 5.41) is 20.2. The van der Waals surface area contributed by atoms with Crippen molar-refractivity contribution in [2.45, 2.75) is 69.1 Å². The molecular weight excluding hydrogens is 506 g/mol. The van der Waals surface area contributed by atoms with E-state index in [1.165, 1.54) is 0 Å². The summed E-state index contributed by atoms with van der Waals surface area (Å²) in [5.74, 6) is -0.576. The highest BCUT2D eigenvalue weighted by Gasteiger charge is 2.34. The van der Waals surface area contributed by atoms with Gasteiger partial charge in [0.2, 0.25) is 17.7 Å². The van der Waals surface area contributed by atoms with Gasteiger partial charge in [-0.15, -0.1) is 0 Å². The van der Waals surface area contributed by atoms with Crippen LogP contribution >= 0.6 is 0 Å². The van der Waals surface area contributed by atoms with E-state index in [1.807, 2.05) is 60.8 Å². The van der Waals surface area contributed by atoms with Crippen LogP contribution in [0, 0.1) is 0 Å². The molecule has 40 heavy (non-hydrogen) atoms. The van der Waals surface area contributed by atoms with E-state index >= 15 is 0 Å². The molecule has 4 unspecified atom stereocenters. The Labute approximate surface area is 234 Å². The second-order valence-electron chi connectivity index (χ2n) is 10.9. The fourth-order valence-electron chi connectivity index (χ4n) is 6.00. The number of benzene rings is 2. The Bertz CT molecular complexity index is 1300. The minimum atomic E-state index is -0.788. The van der Waals surface area contributed by atoms with E-state index in [-0.39, 0.29) is 42.8 Å². The Morgan fingerprint density at radius 2 is 1.77 bits per heavy atom. The van der Waals surface area contributed by atoms with Crippen molar-refractivity contribution in [1.29, 1.82) is 0 Å². The first-order chi connectivity index (χ1) is 19.5. The molecule has 2 saturated heterocycles. The highest BCUT2D eigenvalue weighted by Crippen LogP contribution is 2.23. The molecule has 0 aliphatic carbocycles. The zero-order valence-electron chi connectivity index (χ0n) is 22.8. The van der Waals surface area contributed by atoms with E-state index in [4.69, 9.17) is 0 Å². The fraction of sp³-hybridized carbons (Fsp3) is 0.452. The number of hydrogen-bond donors (Lipinski definition) is 5. The van der Waals surface area contributed by atoms with Crippen LogP contribution in [0.15, 0.2) is 60.8 Å². The third-order valence-corrected chi connectivity index (χ3v) is 8.08. The second-order valence-corrected chi connectivity index (χ2v) is 10.9. The lowest BCUT2D eigenvalue weighted by molar-refractivity contribution is -0.138. The van der Waals surface area contributed by atoms with Crippen molar-refractivity contribution in [3.63, 3.8) is 0 Å². The van der Waals surface area contributed by atoms with Gasteiger partial charge in [0, 0.05) is 42.5 Å². The number of H-pyrrole nitrogens is 1. The molecule has 9 nitrogen and oxygen atoms in total. The van der Waals surface area contributed by atoms with Gasteiger partial charge < -0.3 is 30.9 Å². The maximum atomic E-state index is 13.8. The molecule has 9 heteroatoms. The van der Waals surface area contributed by atoms with Crippen molar-refractivity contribution in [1.82, 2.24) is 25.8 Å². The summed E-state index contributed by atoms with van der Waals surface area (Å²) in [4.78, 5) is 45.2. The highest BCUT2D eigenvalue weighted by molar-refractivity contribution is 5.90. The average Bonchev–Trinajstić information content (AvgIpc) is 3.74. The predicted octanol–water partition coefficient (Wildman–Crippen LogP) is 2.05. The summed E-state index contributed by atoms with van der Waals surface area (Å²) in [5.41, 5.74) is 2.93. The third kappa shape index (κ3) is 6.71. The molecule has 1 aromatic heterocycles. The Hall–Kier alpha value is -3.69. The van der Waals surface area contributed by atoms with Crippen LogP contribution in [0.1, 0.15) is 43.2 Å². The number of hydrogen-bond acceptors (Lipinski definition) is 5. The number of likely N-dealkylation sites (tertiary alicyclic amines) is 1. The summed E-state index contributed by atoms with van der Waals surface area (Å²) in [6, 6.07) is 16.0. The molecule has 2 fully saturated rings. The van der Waals surface area contributed by atoms with E-state index in [9.17, 15) is 19.5 Å². The molecule has 4 atom stereocenters. The number of aliphatic hydroxyl groups excluding tert-OH is 1. The van der Waals surface area contributed by atoms with E-state index < -0.39 is 12.1 Å². The lowest BCUT2D eigenvalue weighted by Crippen LogP contribution is -2.53. The molecule has 0 saturated carbocycles. The molecule has 5 rings (SSSR count). The van der Waals surface area contributed by atoms with Gasteiger partial charge in [-0.3, -0.25) is 14.4 Å². The highest BCUT2D eigenvalue weighted by atomic mass is 16.3. The molecule has 3 aromatic rings. The maximum absolute atomic E-state index is 13.8. The number of aliphatic hydroxyl groups is 1. The van der Waals surface area contributed by atoms with Gasteiger partial charge in [0.05, 0.1) is 18.7 Å². The van der Waals surface area contributed by atoms with Crippen molar-refractivity contribution in [2.24, 2.45) is 0 Å². The van der Waals surface area contributed by atoms with Gasteiger partial charge in [-0.25, -0.2) is 0 Å². The Morgan fingerprint density at radius 3 is 2.55 bits per heavy atom. The first kappa shape index (κ1) is 27.9. The zero-order chi connectivity index (χ0) is 27.9. The molecule has 212 valence electrons. The third-order valence-electron chi connectivity index (χ3n) is 8.08. The SMILES string of the molecule is O=C(CC(Cc1ccccc1)NC(=O)C1CCCN1)NC(Cc1c[nH]c2ccccc12)C(=O)N1CCCC1CO. The lowest BCUT2D eigenvalue weighted by atomic mass is 10.0. The summed E-state index contributed by atoms with van der Waals surface area (Å²) in [6.07, 6.45) is 6.06. The number of nitrogens with zero attached hydrogens (tertiary/aromatic N) is 1. The number of para-hydroxylation sites is 1. The molecule has 3 heterocycles. The van der Waals surface area contributed by atoms with E-state index in [2.05, 4.69) is 20.9 Å². The Balaban J connectivity index is 1.33.